The Kier molecular flexibility index (Phi) is 3.70. The molecule has 4 N–H and O–H groups in total. The van der Waals surface area contributed by atoms with Gasteiger partial charge in [0, 0.05) is 12.4 Å². The summed E-state index contributed by atoms with van der Waals surface area (Å²) in [5.74, 6) is 0.968. The zero-order chi connectivity index (χ0) is 7.98. The van der Waals surface area contributed by atoms with Crippen LogP contribution in [0.3, 0.4) is 0 Å². The van der Waals surface area contributed by atoms with E-state index in [1.807, 2.05) is 6.92 Å². The number of primary amides is 1. The fraction of sp³-hybridized carbons (Fsp3) is 0.200. The van der Waals surface area contributed by atoms with Crippen LogP contribution in [0.4, 0.5) is 4.79 Å². The highest BCUT2D eigenvalue weighted by molar-refractivity contribution is 5.61. The summed E-state index contributed by atoms with van der Waals surface area (Å²) >= 11 is 0. The van der Waals surface area contributed by atoms with Crippen LogP contribution in [0.15, 0.2) is 12.4 Å². The van der Waals surface area contributed by atoms with Crippen molar-refractivity contribution in [3.63, 3.8) is 0 Å². The Morgan fingerprint density at radius 1 is 1.90 bits per heavy atom. The molecule has 1 rings (SSSR count). The number of aryl methyl sites for hydroxylation is 1. The van der Waals surface area contributed by atoms with Crippen molar-refractivity contribution in [2.45, 2.75) is 6.92 Å². The second kappa shape index (κ2) is 4.37. The molecular formula is C5H9N3O2. The molecular weight excluding hydrogens is 134 g/mol. The van der Waals surface area contributed by atoms with Crippen molar-refractivity contribution in [1.29, 1.82) is 0 Å². The minimum Gasteiger partial charge on any atom is -0.465 e. The van der Waals surface area contributed by atoms with Gasteiger partial charge in [-0.3, -0.25) is 0 Å². The van der Waals surface area contributed by atoms with Gasteiger partial charge in [0.05, 0.1) is 0 Å². The Balaban J connectivity index is 0.000000180. The first-order valence-corrected chi connectivity index (χ1v) is 2.57. The van der Waals surface area contributed by atoms with Gasteiger partial charge >= 0.3 is 6.09 Å². The molecule has 1 heterocycles. The molecule has 5 heteroatoms. The third kappa shape index (κ3) is 6.48. The smallest absolute Gasteiger partial charge is 0.402 e. The summed E-state index contributed by atoms with van der Waals surface area (Å²) in [5, 5.41) is 7.19. The first kappa shape index (κ1) is 8.48. The summed E-state index contributed by atoms with van der Waals surface area (Å²) in [6.07, 6.45) is 2.20. The van der Waals surface area contributed by atoms with Gasteiger partial charge in [-0.25, -0.2) is 9.78 Å². The Morgan fingerprint density at radius 3 is 2.50 bits per heavy atom. The number of hydrogen-bond acceptors (Lipinski definition) is 2. The average molecular weight is 143 g/mol. The van der Waals surface area contributed by atoms with Gasteiger partial charge in [-0.15, -0.1) is 0 Å². The zero-order valence-corrected chi connectivity index (χ0v) is 5.53. The number of carbonyl (C=O) groups is 1. The normalized spacial score (nSPS) is 7.70. The van der Waals surface area contributed by atoms with Crippen LogP contribution in [0.1, 0.15) is 5.82 Å². The van der Waals surface area contributed by atoms with Gasteiger partial charge in [0.25, 0.3) is 0 Å². The van der Waals surface area contributed by atoms with E-state index in [0.717, 1.165) is 5.82 Å². The molecule has 10 heavy (non-hydrogen) atoms. The summed E-state index contributed by atoms with van der Waals surface area (Å²) in [4.78, 5) is 15.5. The third-order valence-corrected chi connectivity index (χ3v) is 0.635. The van der Waals surface area contributed by atoms with Gasteiger partial charge in [-0.1, -0.05) is 0 Å². The van der Waals surface area contributed by atoms with Crippen molar-refractivity contribution in [3.05, 3.63) is 18.2 Å². The summed E-state index contributed by atoms with van der Waals surface area (Å²) in [6.45, 7) is 1.92. The number of rotatable bonds is 0. The quantitative estimate of drug-likeness (QED) is 0.489. The predicted octanol–water partition coefficient (Wildman–Crippen LogP) is 0.341. The van der Waals surface area contributed by atoms with E-state index in [0.29, 0.717) is 0 Å². The molecule has 0 saturated carbocycles. The molecule has 0 unspecified atom stereocenters. The molecule has 0 aromatic carbocycles. The average Bonchev–Trinajstić information content (AvgIpc) is 2.15. The van der Waals surface area contributed by atoms with E-state index in [4.69, 9.17) is 9.90 Å². The molecule has 56 valence electrons. The largest absolute Gasteiger partial charge is 0.465 e. The standard InChI is InChI=1S/C4H6N2.CH3NO2/c1-4-5-2-3-6-4;2-1(3)4/h2-3H,1H3,(H,5,6);2H2,(H,3,4). The van der Waals surface area contributed by atoms with Gasteiger partial charge < -0.3 is 15.8 Å². The van der Waals surface area contributed by atoms with Crippen molar-refractivity contribution in [2.24, 2.45) is 5.73 Å². The van der Waals surface area contributed by atoms with E-state index in [2.05, 4.69) is 15.7 Å². The topological polar surface area (TPSA) is 92.0 Å². The number of hydrogen-bond donors (Lipinski definition) is 3. The molecule has 1 aromatic heterocycles. The number of H-pyrrole nitrogens is 1. The lowest BCUT2D eigenvalue weighted by molar-refractivity contribution is 0.205. The predicted molar refractivity (Wildman–Crippen MR) is 35.5 cm³/mol. The number of imidazole rings is 1. The number of aromatic amines is 1. The van der Waals surface area contributed by atoms with Crippen LogP contribution in [0.5, 0.6) is 0 Å². The summed E-state index contributed by atoms with van der Waals surface area (Å²) in [6, 6.07) is 0. The monoisotopic (exact) mass is 143 g/mol. The van der Waals surface area contributed by atoms with Gasteiger partial charge in [-0.2, -0.15) is 0 Å². The van der Waals surface area contributed by atoms with Crippen LogP contribution in [0, 0.1) is 6.92 Å². The second-order valence-electron chi connectivity index (χ2n) is 1.51. The fourth-order valence-electron chi connectivity index (χ4n) is 0.344. The lowest BCUT2D eigenvalue weighted by atomic mass is 10.8. The third-order valence-electron chi connectivity index (χ3n) is 0.635. The number of nitrogens with one attached hydrogen (secondary N) is 1. The number of amides is 1. The highest BCUT2D eigenvalue weighted by atomic mass is 16.4. The molecule has 0 fully saturated rings. The van der Waals surface area contributed by atoms with E-state index < -0.39 is 6.09 Å². The van der Waals surface area contributed by atoms with Gasteiger partial charge in [0.2, 0.25) is 0 Å². The molecule has 5 nitrogen and oxygen atoms in total. The molecule has 0 saturated heterocycles. The molecule has 0 bridgehead atoms. The lowest BCUT2D eigenvalue weighted by Crippen LogP contribution is -2.03. The van der Waals surface area contributed by atoms with Crippen molar-refractivity contribution >= 4 is 6.09 Å². The minimum absolute atomic E-state index is 0.968. The minimum atomic E-state index is -1.33. The number of aromatic nitrogens is 2. The second-order valence-corrected chi connectivity index (χ2v) is 1.51. The first-order valence-electron chi connectivity index (χ1n) is 2.57. The molecule has 0 aliphatic carbocycles. The van der Waals surface area contributed by atoms with Crippen LogP contribution in [0.25, 0.3) is 0 Å². The summed E-state index contributed by atoms with van der Waals surface area (Å²) in [5.41, 5.74) is 4.03. The van der Waals surface area contributed by atoms with E-state index in [-0.39, 0.29) is 0 Å². The maximum absolute atomic E-state index is 8.78. The molecule has 0 aliphatic rings. The van der Waals surface area contributed by atoms with Gasteiger partial charge in [0.15, 0.2) is 0 Å². The lowest BCUT2D eigenvalue weighted by Gasteiger charge is -1.68. The van der Waals surface area contributed by atoms with E-state index >= 15 is 0 Å². The highest BCUT2D eigenvalue weighted by Gasteiger charge is 1.73. The summed E-state index contributed by atoms with van der Waals surface area (Å²) in [7, 11) is 0. The van der Waals surface area contributed by atoms with E-state index in [9.17, 15) is 0 Å². The Labute approximate surface area is 57.9 Å². The maximum Gasteiger partial charge on any atom is 0.402 e. The number of nitrogens with two attached hydrogens (primary N) is 1. The van der Waals surface area contributed by atoms with Crippen LogP contribution in [0.2, 0.25) is 0 Å². The van der Waals surface area contributed by atoms with Crippen LogP contribution in [-0.4, -0.2) is 21.2 Å². The molecule has 0 radical (unpaired) electrons. The number of carboxylic acid groups (broad SMARTS) is 1. The van der Waals surface area contributed by atoms with Gasteiger partial charge in [0.1, 0.15) is 5.82 Å². The Morgan fingerprint density at radius 2 is 2.40 bits per heavy atom. The van der Waals surface area contributed by atoms with E-state index in [1.165, 1.54) is 0 Å². The first-order chi connectivity index (χ1) is 4.63. The molecule has 1 aromatic rings. The molecule has 0 aliphatic heterocycles. The van der Waals surface area contributed by atoms with Crippen molar-refractivity contribution in [2.75, 3.05) is 0 Å². The van der Waals surface area contributed by atoms with Crippen LogP contribution in [-0.2, 0) is 0 Å². The van der Waals surface area contributed by atoms with Crippen molar-refractivity contribution in [1.82, 2.24) is 9.97 Å². The van der Waals surface area contributed by atoms with Crippen LogP contribution < -0.4 is 5.73 Å². The highest BCUT2D eigenvalue weighted by Crippen LogP contribution is 1.78. The number of nitrogens with zero attached hydrogens (tertiary/aromatic N) is 1. The molecule has 0 spiro atoms. The summed E-state index contributed by atoms with van der Waals surface area (Å²) < 4.78 is 0. The van der Waals surface area contributed by atoms with Crippen molar-refractivity contribution < 1.29 is 9.90 Å². The zero-order valence-electron chi connectivity index (χ0n) is 5.53. The van der Waals surface area contributed by atoms with Crippen molar-refractivity contribution in [3.8, 4) is 0 Å². The van der Waals surface area contributed by atoms with E-state index in [1.54, 1.807) is 12.4 Å². The maximum atomic E-state index is 8.78. The Hall–Kier alpha value is -1.52. The van der Waals surface area contributed by atoms with Gasteiger partial charge in [-0.05, 0) is 6.92 Å². The Bertz CT molecular complexity index is 179. The molecule has 1 amide bonds. The molecule has 0 atom stereocenters. The van der Waals surface area contributed by atoms with Crippen LogP contribution >= 0.6 is 0 Å². The SMILES string of the molecule is Cc1ncc[nH]1.NC(=O)O. The fourth-order valence-corrected chi connectivity index (χ4v) is 0.344.